The van der Waals surface area contributed by atoms with Gasteiger partial charge in [0, 0.05) is 53.6 Å². The van der Waals surface area contributed by atoms with Crippen LogP contribution in [-0.2, 0) is 14.2 Å². The van der Waals surface area contributed by atoms with Crippen molar-refractivity contribution in [2.45, 2.75) is 25.6 Å². The Morgan fingerprint density at radius 1 is 1.11 bits per heavy atom. The minimum atomic E-state index is 0.216. The molecule has 2 atom stereocenters. The summed E-state index contributed by atoms with van der Waals surface area (Å²) in [5.74, 6) is 0. The molecule has 108 valence electrons. The molecule has 1 aliphatic rings. The van der Waals surface area contributed by atoms with Crippen LogP contribution in [0.5, 0.6) is 0 Å². The number of ether oxygens (including phenoxy) is 3. The van der Waals surface area contributed by atoms with Gasteiger partial charge in [-0.2, -0.15) is 0 Å². The van der Waals surface area contributed by atoms with E-state index in [0.717, 1.165) is 52.4 Å². The van der Waals surface area contributed by atoms with E-state index in [4.69, 9.17) is 14.2 Å². The Kier molecular flexibility index (Phi) is 8.54. The monoisotopic (exact) mass is 260 g/mol. The van der Waals surface area contributed by atoms with E-state index >= 15 is 0 Å². The van der Waals surface area contributed by atoms with Crippen molar-refractivity contribution in [3.8, 4) is 0 Å². The summed E-state index contributed by atoms with van der Waals surface area (Å²) in [5, 5.41) is 3.43. The van der Waals surface area contributed by atoms with Crippen LogP contribution < -0.4 is 5.32 Å². The first-order chi connectivity index (χ1) is 8.81. The largest absolute Gasteiger partial charge is 0.382 e. The van der Waals surface area contributed by atoms with Gasteiger partial charge in [0.15, 0.2) is 0 Å². The molecule has 1 aliphatic heterocycles. The Bertz CT molecular complexity index is 193. The first-order valence-corrected chi connectivity index (χ1v) is 6.88. The van der Waals surface area contributed by atoms with E-state index in [1.54, 1.807) is 14.2 Å². The van der Waals surface area contributed by atoms with Crippen LogP contribution in [0.3, 0.4) is 0 Å². The molecular formula is C13H28N2O3. The maximum atomic E-state index is 5.41. The molecule has 0 saturated carbocycles. The molecule has 5 heteroatoms. The quantitative estimate of drug-likeness (QED) is 0.574. The maximum absolute atomic E-state index is 5.41. The van der Waals surface area contributed by atoms with E-state index in [0.29, 0.717) is 0 Å². The van der Waals surface area contributed by atoms with Crippen LogP contribution in [0.15, 0.2) is 0 Å². The van der Waals surface area contributed by atoms with E-state index in [1.165, 1.54) is 0 Å². The van der Waals surface area contributed by atoms with Crippen molar-refractivity contribution in [2.75, 3.05) is 60.2 Å². The zero-order chi connectivity index (χ0) is 13.2. The van der Waals surface area contributed by atoms with E-state index in [9.17, 15) is 0 Å². The molecule has 1 rings (SSSR count). The summed E-state index contributed by atoms with van der Waals surface area (Å²) in [6.45, 7) is 8.71. The van der Waals surface area contributed by atoms with Gasteiger partial charge < -0.3 is 19.5 Å². The summed E-state index contributed by atoms with van der Waals surface area (Å²) < 4.78 is 16.1. The lowest BCUT2D eigenvalue weighted by atomic mass is 10.3. The summed E-state index contributed by atoms with van der Waals surface area (Å²) >= 11 is 0. The lowest BCUT2D eigenvalue weighted by molar-refractivity contribution is -0.00461. The van der Waals surface area contributed by atoms with Gasteiger partial charge in [0.1, 0.15) is 0 Å². The molecule has 0 aromatic carbocycles. The fourth-order valence-electron chi connectivity index (χ4n) is 2.26. The third kappa shape index (κ3) is 5.63. The van der Waals surface area contributed by atoms with Crippen LogP contribution in [0.2, 0.25) is 0 Å². The van der Waals surface area contributed by atoms with Gasteiger partial charge in [0.25, 0.3) is 0 Å². The zero-order valence-corrected chi connectivity index (χ0v) is 12.0. The molecule has 1 saturated heterocycles. The topological polar surface area (TPSA) is 43.0 Å². The summed E-state index contributed by atoms with van der Waals surface area (Å²) in [4.78, 5) is 2.39. The van der Waals surface area contributed by atoms with Gasteiger partial charge >= 0.3 is 0 Å². The molecule has 2 unspecified atom stereocenters. The molecule has 0 spiro atoms. The van der Waals surface area contributed by atoms with Gasteiger partial charge in [0.05, 0.1) is 12.2 Å². The third-order valence-electron chi connectivity index (χ3n) is 3.35. The number of nitrogens with zero attached hydrogens (tertiary/aromatic N) is 1. The lowest BCUT2D eigenvalue weighted by Crippen LogP contribution is -2.32. The van der Waals surface area contributed by atoms with Crippen molar-refractivity contribution in [1.29, 1.82) is 0 Å². The maximum Gasteiger partial charge on any atom is 0.0971 e. The highest BCUT2D eigenvalue weighted by Crippen LogP contribution is 2.14. The van der Waals surface area contributed by atoms with Crippen molar-refractivity contribution >= 4 is 0 Å². The highest BCUT2D eigenvalue weighted by atomic mass is 16.5. The first-order valence-electron chi connectivity index (χ1n) is 6.88. The van der Waals surface area contributed by atoms with Crippen LogP contribution >= 0.6 is 0 Å². The Morgan fingerprint density at radius 3 is 2.33 bits per heavy atom. The third-order valence-corrected chi connectivity index (χ3v) is 3.35. The van der Waals surface area contributed by atoms with E-state index in [1.807, 2.05) is 6.92 Å². The van der Waals surface area contributed by atoms with Crippen LogP contribution in [0.1, 0.15) is 13.3 Å². The van der Waals surface area contributed by atoms with Crippen LogP contribution in [-0.4, -0.2) is 77.3 Å². The van der Waals surface area contributed by atoms with Crippen molar-refractivity contribution in [3.05, 3.63) is 0 Å². The SMILES string of the molecule is CCOCCCNCCN1CC(OC)C(OC)C1. The molecule has 0 amide bonds. The van der Waals surface area contributed by atoms with Gasteiger partial charge in [-0.05, 0) is 19.9 Å². The zero-order valence-electron chi connectivity index (χ0n) is 12.0. The molecule has 0 aromatic rings. The highest BCUT2D eigenvalue weighted by molar-refractivity contribution is 4.85. The summed E-state index contributed by atoms with van der Waals surface area (Å²) in [5.41, 5.74) is 0. The number of hydrogen-bond donors (Lipinski definition) is 1. The highest BCUT2D eigenvalue weighted by Gasteiger charge is 2.32. The number of hydrogen-bond acceptors (Lipinski definition) is 5. The lowest BCUT2D eigenvalue weighted by Gasteiger charge is -2.15. The number of likely N-dealkylation sites (tertiary alicyclic amines) is 1. The Balaban J connectivity index is 2.00. The minimum Gasteiger partial charge on any atom is -0.382 e. The number of nitrogens with one attached hydrogen (secondary N) is 1. The summed E-state index contributed by atoms with van der Waals surface area (Å²) in [7, 11) is 3.51. The van der Waals surface area contributed by atoms with Gasteiger partial charge in [-0.25, -0.2) is 0 Å². The van der Waals surface area contributed by atoms with Gasteiger partial charge in [0.2, 0.25) is 0 Å². The van der Waals surface area contributed by atoms with Crippen LogP contribution in [0, 0.1) is 0 Å². The van der Waals surface area contributed by atoms with Gasteiger partial charge in [-0.1, -0.05) is 0 Å². The smallest absolute Gasteiger partial charge is 0.0971 e. The molecule has 1 fully saturated rings. The molecule has 0 radical (unpaired) electrons. The Labute approximate surface area is 111 Å². The summed E-state index contributed by atoms with van der Waals surface area (Å²) in [6, 6.07) is 0. The van der Waals surface area contributed by atoms with E-state index < -0.39 is 0 Å². The standard InChI is InChI=1S/C13H28N2O3/c1-4-18-9-5-6-14-7-8-15-10-12(16-2)13(11-15)17-3/h12-14H,4-11H2,1-3H3. The van der Waals surface area contributed by atoms with Crippen molar-refractivity contribution in [2.24, 2.45) is 0 Å². The second kappa shape index (κ2) is 9.69. The van der Waals surface area contributed by atoms with Crippen molar-refractivity contribution in [1.82, 2.24) is 10.2 Å². The second-order valence-electron chi connectivity index (χ2n) is 4.61. The van der Waals surface area contributed by atoms with Crippen molar-refractivity contribution < 1.29 is 14.2 Å². The molecule has 1 N–H and O–H groups in total. The molecule has 0 aromatic heterocycles. The normalized spacial score (nSPS) is 24.8. The van der Waals surface area contributed by atoms with Crippen LogP contribution in [0.4, 0.5) is 0 Å². The Hall–Kier alpha value is -0.200. The minimum absolute atomic E-state index is 0.216. The predicted molar refractivity (Wildman–Crippen MR) is 72.0 cm³/mol. The molecule has 18 heavy (non-hydrogen) atoms. The average molecular weight is 260 g/mol. The molecule has 0 aliphatic carbocycles. The fraction of sp³-hybridized carbons (Fsp3) is 1.00. The fourth-order valence-corrected chi connectivity index (χ4v) is 2.26. The average Bonchev–Trinajstić information content (AvgIpc) is 2.80. The van der Waals surface area contributed by atoms with Crippen molar-refractivity contribution in [3.63, 3.8) is 0 Å². The number of rotatable bonds is 10. The van der Waals surface area contributed by atoms with Gasteiger partial charge in [-0.3, -0.25) is 4.90 Å². The molecule has 1 heterocycles. The predicted octanol–water partition coefficient (Wildman–Crippen LogP) is 0.348. The van der Waals surface area contributed by atoms with E-state index in [-0.39, 0.29) is 12.2 Å². The van der Waals surface area contributed by atoms with Crippen LogP contribution in [0.25, 0.3) is 0 Å². The second-order valence-corrected chi connectivity index (χ2v) is 4.61. The molecular weight excluding hydrogens is 232 g/mol. The summed E-state index contributed by atoms with van der Waals surface area (Å²) in [6.07, 6.45) is 1.51. The Morgan fingerprint density at radius 2 is 1.78 bits per heavy atom. The number of methoxy groups -OCH3 is 2. The molecule has 5 nitrogen and oxygen atoms in total. The van der Waals surface area contributed by atoms with Gasteiger partial charge in [-0.15, -0.1) is 0 Å². The first kappa shape index (κ1) is 15.9. The van der Waals surface area contributed by atoms with E-state index in [2.05, 4.69) is 10.2 Å². The molecule has 0 bridgehead atoms.